The highest BCUT2D eigenvalue weighted by molar-refractivity contribution is 5.96. The van der Waals surface area contributed by atoms with E-state index in [4.69, 9.17) is 0 Å². The highest BCUT2D eigenvalue weighted by Gasteiger charge is 2.36. The van der Waals surface area contributed by atoms with Gasteiger partial charge in [0.1, 0.15) is 0 Å². The van der Waals surface area contributed by atoms with Crippen LogP contribution in [-0.4, -0.2) is 53.7 Å². The van der Waals surface area contributed by atoms with Crippen LogP contribution < -0.4 is 5.32 Å². The van der Waals surface area contributed by atoms with E-state index in [1.165, 1.54) is 19.8 Å². The summed E-state index contributed by atoms with van der Waals surface area (Å²) in [6.07, 6.45) is 5.16. The quantitative estimate of drug-likeness (QED) is 0.823. The van der Waals surface area contributed by atoms with Crippen LogP contribution in [0.3, 0.4) is 0 Å². The zero-order valence-corrected chi connectivity index (χ0v) is 15.5. The number of carbonyl (C=O) groups is 3. The van der Waals surface area contributed by atoms with Gasteiger partial charge < -0.3 is 15.1 Å². The van der Waals surface area contributed by atoms with Gasteiger partial charge in [0.2, 0.25) is 5.91 Å². The molecule has 3 rings (SSSR count). The molecule has 1 unspecified atom stereocenters. The lowest BCUT2D eigenvalue weighted by Crippen LogP contribution is -2.37. The Labute approximate surface area is 154 Å². The molecule has 2 fully saturated rings. The molecule has 1 saturated carbocycles. The molecule has 1 aliphatic carbocycles. The summed E-state index contributed by atoms with van der Waals surface area (Å²) in [7, 11) is 1.74. The maximum Gasteiger partial charge on any atom is 0.321 e. The first-order valence-electron chi connectivity index (χ1n) is 9.36. The number of rotatable bonds is 5. The number of nitrogens with one attached hydrogen (secondary N) is 1. The zero-order valence-electron chi connectivity index (χ0n) is 15.5. The summed E-state index contributed by atoms with van der Waals surface area (Å²) < 4.78 is 0. The van der Waals surface area contributed by atoms with E-state index in [1.54, 1.807) is 36.2 Å². The van der Waals surface area contributed by atoms with E-state index in [1.807, 2.05) is 4.90 Å². The van der Waals surface area contributed by atoms with Gasteiger partial charge >= 0.3 is 6.03 Å². The topological polar surface area (TPSA) is 69.7 Å². The number of nitrogens with zero attached hydrogens (tertiary/aromatic N) is 2. The molecule has 1 aliphatic heterocycles. The minimum atomic E-state index is -0.225. The van der Waals surface area contributed by atoms with Crippen molar-refractivity contribution in [1.82, 2.24) is 9.80 Å². The fourth-order valence-corrected chi connectivity index (χ4v) is 4.00. The fourth-order valence-electron chi connectivity index (χ4n) is 4.00. The molecule has 1 atom stereocenters. The van der Waals surface area contributed by atoms with Gasteiger partial charge in [0, 0.05) is 49.8 Å². The van der Waals surface area contributed by atoms with E-state index in [-0.39, 0.29) is 23.6 Å². The molecule has 1 N–H and O–H groups in total. The Morgan fingerprint density at radius 2 is 2.00 bits per heavy atom. The van der Waals surface area contributed by atoms with E-state index in [2.05, 4.69) is 5.32 Å². The van der Waals surface area contributed by atoms with Crippen molar-refractivity contribution in [2.24, 2.45) is 5.92 Å². The van der Waals surface area contributed by atoms with Crippen LogP contribution in [0.1, 0.15) is 49.4 Å². The second-order valence-corrected chi connectivity index (χ2v) is 7.50. The van der Waals surface area contributed by atoms with Gasteiger partial charge in [0.05, 0.1) is 0 Å². The molecule has 1 aromatic carbocycles. The van der Waals surface area contributed by atoms with E-state index >= 15 is 0 Å². The maximum atomic E-state index is 12.4. The molecule has 1 aromatic rings. The van der Waals surface area contributed by atoms with Crippen LogP contribution in [0.2, 0.25) is 0 Å². The number of likely N-dealkylation sites (tertiary alicyclic amines) is 1. The van der Waals surface area contributed by atoms with Gasteiger partial charge in [-0.25, -0.2) is 4.79 Å². The number of carbonyl (C=O) groups excluding carboxylic acids is 3. The predicted molar refractivity (Wildman–Crippen MR) is 100 cm³/mol. The van der Waals surface area contributed by atoms with Crippen molar-refractivity contribution in [3.05, 3.63) is 29.8 Å². The Bertz CT molecular complexity index is 697. The van der Waals surface area contributed by atoms with Crippen LogP contribution in [0.4, 0.5) is 10.5 Å². The first kappa shape index (κ1) is 18.4. The molecule has 0 radical (unpaired) electrons. The van der Waals surface area contributed by atoms with Gasteiger partial charge in [-0.15, -0.1) is 0 Å². The molecule has 2 aliphatic rings. The summed E-state index contributed by atoms with van der Waals surface area (Å²) in [4.78, 5) is 39.8. The summed E-state index contributed by atoms with van der Waals surface area (Å²) in [5.41, 5.74) is 1.17. The van der Waals surface area contributed by atoms with Crippen LogP contribution in [0.25, 0.3) is 0 Å². The molecule has 3 amide bonds. The Morgan fingerprint density at radius 3 is 2.69 bits per heavy atom. The smallest absolute Gasteiger partial charge is 0.321 e. The van der Waals surface area contributed by atoms with Crippen LogP contribution >= 0.6 is 0 Å². The number of benzene rings is 1. The highest BCUT2D eigenvalue weighted by Crippen LogP contribution is 2.29. The van der Waals surface area contributed by atoms with Gasteiger partial charge in [-0.3, -0.25) is 9.59 Å². The number of hydrogen-bond acceptors (Lipinski definition) is 3. The summed E-state index contributed by atoms with van der Waals surface area (Å²) >= 11 is 0. The average molecular weight is 357 g/mol. The normalized spacial score (nSPS) is 20.5. The Balaban J connectivity index is 1.53. The molecule has 26 heavy (non-hydrogen) atoms. The number of ketones is 1. The lowest BCUT2D eigenvalue weighted by molar-refractivity contribution is -0.129. The molecule has 0 aromatic heterocycles. The SMILES string of the molecule is CC(=O)c1cccc(NC(=O)N(C)CC2CC(=O)N(C3CCCC3)C2)c1. The maximum absolute atomic E-state index is 12.4. The number of Topliss-reactive ketones (excluding diaryl/α,β-unsaturated/α-hetero) is 1. The van der Waals surface area contributed by atoms with Gasteiger partial charge in [-0.05, 0) is 31.9 Å². The highest BCUT2D eigenvalue weighted by atomic mass is 16.2. The van der Waals surface area contributed by atoms with Crippen LogP contribution in [0.15, 0.2) is 24.3 Å². The molecule has 6 heteroatoms. The summed E-state index contributed by atoms with van der Waals surface area (Å²) in [6, 6.07) is 7.09. The third-order valence-corrected chi connectivity index (χ3v) is 5.40. The molecule has 1 saturated heterocycles. The molecule has 0 spiro atoms. The van der Waals surface area contributed by atoms with Crippen LogP contribution in [-0.2, 0) is 4.79 Å². The minimum Gasteiger partial charge on any atom is -0.339 e. The zero-order chi connectivity index (χ0) is 18.7. The van der Waals surface area contributed by atoms with Crippen molar-refractivity contribution < 1.29 is 14.4 Å². The third-order valence-electron chi connectivity index (χ3n) is 5.40. The Morgan fingerprint density at radius 1 is 1.27 bits per heavy atom. The van der Waals surface area contributed by atoms with Crippen LogP contribution in [0, 0.1) is 5.92 Å². The lowest BCUT2D eigenvalue weighted by atomic mass is 10.1. The van der Waals surface area contributed by atoms with Crippen molar-refractivity contribution in [2.75, 3.05) is 25.5 Å². The first-order valence-corrected chi connectivity index (χ1v) is 9.36. The molecule has 140 valence electrons. The number of anilines is 1. The summed E-state index contributed by atoms with van der Waals surface area (Å²) in [6.45, 7) is 2.80. The number of amides is 3. The van der Waals surface area contributed by atoms with E-state index in [0.29, 0.717) is 30.3 Å². The minimum absolute atomic E-state index is 0.0362. The van der Waals surface area contributed by atoms with E-state index < -0.39 is 0 Å². The van der Waals surface area contributed by atoms with Crippen LogP contribution in [0.5, 0.6) is 0 Å². The summed E-state index contributed by atoms with van der Waals surface area (Å²) in [5.74, 6) is 0.373. The monoisotopic (exact) mass is 357 g/mol. The molecular formula is C20H27N3O3. The average Bonchev–Trinajstić information content (AvgIpc) is 3.24. The second-order valence-electron chi connectivity index (χ2n) is 7.50. The molecule has 0 bridgehead atoms. The largest absolute Gasteiger partial charge is 0.339 e. The fraction of sp³-hybridized carbons (Fsp3) is 0.550. The molecule has 6 nitrogen and oxygen atoms in total. The van der Waals surface area contributed by atoms with Gasteiger partial charge in [0.25, 0.3) is 0 Å². The predicted octanol–water partition coefficient (Wildman–Crippen LogP) is 3.14. The standard InChI is InChI=1S/C20H27N3O3/c1-14(24)16-6-5-7-17(11-16)21-20(26)22(2)12-15-10-19(25)23(13-15)18-8-3-4-9-18/h5-7,11,15,18H,3-4,8-10,12-13H2,1-2H3,(H,21,26). The van der Waals surface area contributed by atoms with Crippen molar-refractivity contribution in [1.29, 1.82) is 0 Å². The number of hydrogen-bond donors (Lipinski definition) is 1. The lowest BCUT2D eigenvalue weighted by Gasteiger charge is -2.25. The second kappa shape index (κ2) is 7.89. The molecular weight excluding hydrogens is 330 g/mol. The van der Waals surface area contributed by atoms with Crippen molar-refractivity contribution in [3.63, 3.8) is 0 Å². The van der Waals surface area contributed by atoms with Crippen molar-refractivity contribution in [2.45, 2.75) is 45.1 Å². The van der Waals surface area contributed by atoms with Gasteiger partial charge in [-0.1, -0.05) is 25.0 Å². The summed E-state index contributed by atoms with van der Waals surface area (Å²) in [5, 5.41) is 2.82. The number of urea groups is 1. The van der Waals surface area contributed by atoms with Gasteiger partial charge in [-0.2, -0.15) is 0 Å². The van der Waals surface area contributed by atoms with E-state index in [9.17, 15) is 14.4 Å². The first-order chi connectivity index (χ1) is 12.4. The van der Waals surface area contributed by atoms with Crippen molar-refractivity contribution in [3.8, 4) is 0 Å². The molecule has 1 heterocycles. The van der Waals surface area contributed by atoms with Gasteiger partial charge in [0.15, 0.2) is 5.78 Å². The Hall–Kier alpha value is -2.37. The van der Waals surface area contributed by atoms with Crippen molar-refractivity contribution >= 4 is 23.4 Å². The third kappa shape index (κ3) is 4.23. The Kier molecular flexibility index (Phi) is 5.59. The van der Waals surface area contributed by atoms with E-state index in [0.717, 1.165) is 19.4 Å².